The third kappa shape index (κ3) is 3.69. The lowest BCUT2D eigenvalue weighted by Gasteiger charge is -2.30. The molecule has 2 aliphatic rings. The van der Waals surface area contributed by atoms with Gasteiger partial charge in [-0.1, -0.05) is 72.8 Å². The van der Waals surface area contributed by atoms with E-state index in [1.807, 2.05) is 6.07 Å². The molecule has 6 rings (SSSR count). The summed E-state index contributed by atoms with van der Waals surface area (Å²) in [6.07, 6.45) is 8.01. The molecule has 0 fully saturated rings. The molecule has 0 radical (unpaired) electrons. The average molecular weight is 481 g/mol. The number of alkyl halides is 3. The van der Waals surface area contributed by atoms with E-state index in [0.717, 1.165) is 51.9 Å². The topological polar surface area (TPSA) is 0 Å². The molecule has 0 saturated carbocycles. The van der Waals surface area contributed by atoms with Crippen LogP contribution in [0.2, 0.25) is 0 Å². The zero-order valence-corrected chi connectivity index (χ0v) is 20.4. The van der Waals surface area contributed by atoms with Crippen LogP contribution in [0.1, 0.15) is 41.5 Å². The zero-order chi connectivity index (χ0) is 25.0. The fraction of sp³-hybridized carbons (Fsp3) is 0.212. The van der Waals surface area contributed by atoms with Gasteiger partial charge in [0, 0.05) is 0 Å². The first kappa shape index (κ1) is 22.8. The number of fused-ring (bicyclic) bond motifs is 3. The predicted octanol–water partition coefficient (Wildman–Crippen LogP) is 9.98. The van der Waals surface area contributed by atoms with E-state index in [1.54, 1.807) is 12.1 Å². The molecule has 0 bridgehead atoms. The first-order valence-corrected chi connectivity index (χ1v) is 12.5. The summed E-state index contributed by atoms with van der Waals surface area (Å²) in [5.41, 5.74) is 7.50. The molecule has 0 N–H and O–H groups in total. The first-order chi connectivity index (χ1) is 17.3. The third-order valence-corrected chi connectivity index (χ3v) is 7.86. The number of rotatable bonds is 2. The van der Waals surface area contributed by atoms with E-state index in [1.165, 1.54) is 40.0 Å². The highest BCUT2D eigenvalue weighted by Gasteiger charge is 2.30. The van der Waals surface area contributed by atoms with Crippen LogP contribution in [0.15, 0.2) is 90.5 Å². The van der Waals surface area contributed by atoms with Gasteiger partial charge in [0.25, 0.3) is 0 Å². The van der Waals surface area contributed by atoms with Crippen LogP contribution in [0.25, 0.3) is 38.2 Å². The highest BCUT2D eigenvalue weighted by Crippen LogP contribution is 2.48. The van der Waals surface area contributed by atoms with Crippen molar-refractivity contribution in [3.05, 3.63) is 113 Å². The molecule has 0 nitrogen and oxygen atoms in total. The molecule has 1 atom stereocenters. The van der Waals surface area contributed by atoms with Crippen LogP contribution in [0.4, 0.5) is 13.2 Å². The van der Waals surface area contributed by atoms with Gasteiger partial charge in [-0.2, -0.15) is 13.2 Å². The standard InChI is InChI=1S/C33H27F3/c1-20-18-29-30(19-21(20)2)32(26-13-7-9-22-8-3-4-10-25(22)26)28-12-6-5-11-27(28)31(29)23-14-16-24(17-15-23)33(34,35)36/h3-6,10-19,22H,7-9H2,1-2H3. The largest absolute Gasteiger partial charge is 0.416 e. The van der Waals surface area contributed by atoms with Crippen molar-refractivity contribution in [2.75, 3.05) is 0 Å². The molecule has 180 valence electrons. The van der Waals surface area contributed by atoms with E-state index in [9.17, 15) is 13.2 Å². The number of aryl methyl sites for hydroxylation is 2. The Hall–Kier alpha value is -3.59. The molecule has 36 heavy (non-hydrogen) atoms. The summed E-state index contributed by atoms with van der Waals surface area (Å²) in [6.45, 7) is 4.23. The molecular formula is C33H27F3. The number of allylic oxidation sites excluding steroid dienone is 6. The van der Waals surface area contributed by atoms with Gasteiger partial charge < -0.3 is 0 Å². The Bertz CT molecular complexity index is 1590. The number of halogens is 3. The van der Waals surface area contributed by atoms with Crippen LogP contribution in [0.5, 0.6) is 0 Å². The van der Waals surface area contributed by atoms with Gasteiger partial charge in [-0.3, -0.25) is 0 Å². The molecule has 0 aromatic heterocycles. The summed E-state index contributed by atoms with van der Waals surface area (Å²) < 4.78 is 39.9. The highest BCUT2D eigenvalue weighted by atomic mass is 19.4. The van der Waals surface area contributed by atoms with Crippen molar-refractivity contribution in [2.24, 2.45) is 5.92 Å². The summed E-state index contributed by atoms with van der Waals surface area (Å²) >= 11 is 0. The lowest BCUT2D eigenvalue weighted by Crippen LogP contribution is -2.12. The summed E-state index contributed by atoms with van der Waals surface area (Å²) in [6, 6.07) is 18.4. The van der Waals surface area contributed by atoms with Crippen molar-refractivity contribution in [2.45, 2.75) is 39.3 Å². The number of hydrogen-bond acceptors (Lipinski definition) is 0. The molecule has 0 aliphatic heterocycles. The molecule has 4 aromatic carbocycles. The van der Waals surface area contributed by atoms with Crippen LogP contribution in [-0.4, -0.2) is 0 Å². The molecular weight excluding hydrogens is 453 g/mol. The minimum atomic E-state index is -4.35. The van der Waals surface area contributed by atoms with E-state index >= 15 is 0 Å². The summed E-state index contributed by atoms with van der Waals surface area (Å²) in [7, 11) is 0. The van der Waals surface area contributed by atoms with Gasteiger partial charge in [-0.25, -0.2) is 0 Å². The van der Waals surface area contributed by atoms with Crippen LogP contribution in [0.3, 0.4) is 0 Å². The van der Waals surface area contributed by atoms with Crippen LogP contribution < -0.4 is 0 Å². The minimum absolute atomic E-state index is 0.532. The smallest absolute Gasteiger partial charge is 0.166 e. The molecule has 4 aromatic rings. The van der Waals surface area contributed by atoms with Gasteiger partial charge in [-0.15, -0.1) is 0 Å². The summed E-state index contributed by atoms with van der Waals surface area (Å²) in [5.74, 6) is 0.532. The van der Waals surface area contributed by atoms with Gasteiger partial charge in [-0.05, 0) is 112 Å². The Balaban J connectivity index is 1.71. The number of benzene rings is 4. The molecule has 3 heteroatoms. The summed E-state index contributed by atoms with van der Waals surface area (Å²) in [5, 5.41) is 4.46. The van der Waals surface area contributed by atoms with Crippen LogP contribution in [0, 0.1) is 19.8 Å². The fourth-order valence-electron chi connectivity index (χ4n) is 5.92. The first-order valence-electron chi connectivity index (χ1n) is 12.5. The molecule has 0 amide bonds. The van der Waals surface area contributed by atoms with E-state index in [2.05, 4.69) is 68.5 Å². The van der Waals surface area contributed by atoms with E-state index in [-0.39, 0.29) is 0 Å². The molecule has 0 saturated heterocycles. The van der Waals surface area contributed by atoms with E-state index in [0.29, 0.717) is 5.92 Å². The Morgan fingerprint density at radius 1 is 0.778 bits per heavy atom. The SMILES string of the molecule is Cc1cc2c(C3=CCCC4CC=CC=C34)c3ccccc3c(-c3ccc(C(F)(F)F)cc3)c2cc1C. The van der Waals surface area contributed by atoms with Gasteiger partial charge in [0.05, 0.1) is 5.56 Å². The average Bonchev–Trinajstić information content (AvgIpc) is 2.88. The van der Waals surface area contributed by atoms with Crippen molar-refractivity contribution < 1.29 is 13.2 Å². The monoisotopic (exact) mass is 480 g/mol. The quantitative estimate of drug-likeness (QED) is 0.250. The van der Waals surface area contributed by atoms with Crippen molar-refractivity contribution in [1.82, 2.24) is 0 Å². The van der Waals surface area contributed by atoms with Crippen LogP contribution >= 0.6 is 0 Å². The molecule has 1 unspecified atom stereocenters. The zero-order valence-electron chi connectivity index (χ0n) is 20.4. The second kappa shape index (κ2) is 8.51. The van der Waals surface area contributed by atoms with Gasteiger partial charge >= 0.3 is 6.18 Å². The second-order valence-corrected chi connectivity index (χ2v) is 10.0. The van der Waals surface area contributed by atoms with Crippen molar-refractivity contribution in [3.8, 4) is 11.1 Å². The number of hydrogen-bond donors (Lipinski definition) is 0. The Labute approximate surface area is 209 Å². The third-order valence-electron chi connectivity index (χ3n) is 7.86. The van der Waals surface area contributed by atoms with Crippen molar-refractivity contribution in [1.29, 1.82) is 0 Å². The van der Waals surface area contributed by atoms with E-state index in [4.69, 9.17) is 0 Å². The predicted molar refractivity (Wildman–Crippen MR) is 144 cm³/mol. The second-order valence-electron chi connectivity index (χ2n) is 10.0. The van der Waals surface area contributed by atoms with Crippen molar-refractivity contribution in [3.63, 3.8) is 0 Å². The minimum Gasteiger partial charge on any atom is -0.166 e. The molecule has 0 spiro atoms. The van der Waals surface area contributed by atoms with Gasteiger partial charge in [0.1, 0.15) is 0 Å². The summed E-state index contributed by atoms with van der Waals surface area (Å²) in [4.78, 5) is 0. The van der Waals surface area contributed by atoms with Crippen LogP contribution in [-0.2, 0) is 6.18 Å². The lowest BCUT2D eigenvalue weighted by molar-refractivity contribution is -0.137. The Kier molecular flexibility index (Phi) is 5.40. The maximum absolute atomic E-state index is 13.3. The fourth-order valence-corrected chi connectivity index (χ4v) is 5.92. The lowest BCUT2D eigenvalue weighted by atomic mass is 9.74. The maximum Gasteiger partial charge on any atom is 0.416 e. The Morgan fingerprint density at radius 2 is 1.42 bits per heavy atom. The Morgan fingerprint density at radius 3 is 2.08 bits per heavy atom. The van der Waals surface area contributed by atoms with Gasteiger partial charge in [0.15, 0.2) is 0 Å². The maximum atomic E-state index is 13.3. The highest BCUT2D eigenvalue weighted by molar-refractivity contribution is 6.20. The van der Waals surface area contributed by atoms with Gasteiger partial charge in [0.2, 0.25) is 0 Å². The van der Waals surface area contributed by atoms with E-state index < -0.39 is 11.7 Å². The van der Waals surface area contributed by atoms with Crippen molar-refractivity contribution >= 4 is 27.1 Å². The normalized spacial score (nSPS) is 17.8. The molecule has 2 aliphatic carbocycles. The molecule has 0 heterocycles.